The molecular formula is C12H24N2O3. The van der Waals surface area contributed by atoms with Gasteiger partial charge >= 0.3 is 5.97 Å². The highest BCUT2D eigenvalue weighted by Crippen LogP contribution is 2.21. The van der Waals surface area contributed by atoms with Crippen LogP contribution in [0.3, 0.4) is 0 Å². The molecule has 0 aliphatic carbocycles. The molecule has 0 aliphatic heterocycles. The van der Waals surface area contributed by atoms with Gasteiger partial charge in [-0.05, 0) is 11.8 Å². The second kappa shape index (κ2) is 6.59. The average Bonchev–Trinajstić information content (AvgIpc) is 2.14. The van der Waals surface area contributed by atoms with Crippen LogP contribution in [0.1, 0.15) is 33.6 Å². The first-order valence-electron chi connectivity index (χ1n) is 5.72. The van der Waals surface area contributed by atoms with Gasteiger partial charge in [-0.2, -0.15) is 0 Å². The Morgan fingerprint density at radius 3 is 2.29 bits per heavy atom. The van der Waals surface area contributed by atoms with Crippen molar-refractivity contribution in [3.63, 3.8) is 0 Å². The molecular weight excluding hydrogens is 220 g/mol. The molecule has 1 unspecified atom stereocenters. The van der Waals surface area contributed by atoms with Crippen LogP contribution in [0.5, 0.6) is 0 Å². The molecule has 0 saturated carbocycles. The number of hydrogen-bond acceptors (Lipinski definition) is 4. The standard InChI is InChI=1S/C12H24N2O3/c1-12(2,3)7-9(13)6-10(15)14(4)8-11(16)17-5/h9H,6-8,13H2,1-5H3. The van der Waals surface area contributed by atoms with Crippen molar-refractivity contribution in [2.75, 3.05) is 20.7 Å². The number of methoxy groups -OCH3 is 1. The lowest BCUT2D eigenvalue weighted by Crippen LogP contribution is -2.37. The Kier molecular flexibility index (Phi) is 6.16. The topological polar surface area (TPSA) is 72.6 Å². The predicted octanol–water partition coefficient (Wildman–Crippen LogP) is 0.771. The quantitative estimate of drug-likeness (QED) is 0.725. The van der Waals surface area contributed by atoms with E-state index in [-0.39, 0.29) is 30.3 Å². The lowest BCUT2D eigenvalue weighted by molar-refractivity contribution is -0.146. The molecule has 1 amide bonds. The molecule has 0 fully saturated rings. The minimum atomic E-state index is -0.426. The third-order valence-electron chi connectivity index (χ3n) is 2.33. The number of carbonyl (C=O) groups is 2. The zero-order valence-corrected chi connectivity index (χ0v) is 11.4. The lowest BCUT2D eigenvalue weighted by Gasteiger charge is -2.24. The van der Waals surface area contributed by atoms with Crippen LogP contribution in [-0.2, 0) is 14.3 Å². The zero-order valence-electron chi connectivity index (χ0n) is 11.4. The first-order chi connectivity index (χ1) is 7.65. The minimum absolute atomic E-state index is 0.0302. The Balaban J connectivity index is 4.12. The monoisotopic (exact) mass is 244 g/mol. The van der Waals surface area contributed by atoms with Crippen LogP contribution < -0.4 is 5.73 Å². The summed E-state index contributed by atoms with van der Waals surface area (Å²) < 4.78 is 4.49. The molecule has 0 saturated heterocycles. The first-order valence-corrected chi connectivity index (χ1v) is 5.72. The number of carbonyl (C=O) groups excluding carboxylic acids is 2. The molecule has 0 rings (SSSR count). The summed E-state index contributed by atoms with van der Waals surface area (Å²) in [4.78, 5) is 24.1. The molecule has 0 aromatic rings. The van der Waals surface area contributed by atoms with E-state index in [0.29, 0.717) is 0 Å². The Labute approximate surface area is 103 Å². The molecule has 17 heavy (non-hydrogen) atoms. The van der Waals surface area contributed by atoms with Gasteiger partial charge < -0.3 is 15.4 Å². The second-order valence-electron chi connectivity index (χ2n) is 5.55. The molecule has 0 heterocycles. The minimum Gasteiger partial charge on any atom is -0.468 e. The number of amides is 1. The molecule has 100 valence electrons. The van der Waals surface area contributed by atoms with Gasteiger partial charge in [0.25, 0.3) is 0 Å². The van der Waals surface area contributed by atoms with Gasteiger partial charge in [-0.25, -0.2) is 0 Å². The van der Waals surface area contributed by atoms with Crippen molar-refractivity contribution >= 4 is 11.9 Å². The molecule has 5 heteroatoms. The van der Waals surface area contributed by atoms with Gasteiger partial charge in [0.15, 0.2) is 0 Å². The fourth-order valence-electron chi connectivity index (χ4n) is 1.59. The summed E-state index contributed by atoms with van der Waals surface area (Å²) >= 11 is 0. The summed E-state index contributed by atoms with van der Waals surface area (Å²) in [7, 11) is 2.87. The number of esters is 1. The van der Waals surface area contributed by atoms with Gasteiger partial charge in [-0.15, -0.1) is 0 Å². The molecule has 2 N–H and O–H groups in total. The van der Waals surface area contributed by atoms with E-state index in [2.05, 4.69) is 25.5 Å². The normalized spacial score (nSPS) is 13.1. The summed E-state index contributed by atoms with van der Waals surface area (Å²) in [5.74, 6) is -0.558. The Bertz CT molecular complexity index is 271. The van der Waals surface area contributed by atoms with Crippen molar-refractivity contribution in [2.45, 2.75) is 39.7 Å². The molecule has 0 spiro atoms. The summed E-state index contributed by atoms with van der Waals surface area (Å²) in [6, 6.07) is -0.178. The summed E-state index contributed by atoms with van der Waals surface area (Å²) in [5.41, 5.74) is 6.00. The lowest BCUT2D eigenvalue weighted by atomic mass is 9.87. The van der Waals surface area contributed by atoms with Crippen molar-refractivity contribution in [3.8, 4) is 0 Å². The third-order valence-corrected chi connectivity index (χ3v) is 2.33. The fraction of sp³-hybridized carbons (Fsp3) is 0.833. The molecule has 0 radical (unpaired) electrons. The molecule has 0 aromatic carbocycles. The number of likely N-dealkylation sites (N-methyl/N-ethyl adjacent to an activating group) is 1. The SMILES string of the molecule is COC(=O)CN(C)C(=O)CC(N)CC(C)(C)C. The van der Waals surface area contributed by atoms with Crippen LogP contribution in [0.4, 0.5) is 0 Å². The van der Waals surface area contributed by atoms with Gasteiger partial charge in [0.2, 0.25) is 5.91 Å². The number of nitrogens with two attached hydrogens (primary N) is 1. The van der Waals surface area contributed by atoms with Gasteiger partial charge in [-0.3, -0.25) is 9.59 Å². The van der Waals surface area contributed by atoms with Crippen LogP contribution in [0, 0.1) is 5.41 Å². The van der Waals surface area contributed by atoms with Gasteiger partial charge in [0, 0.05) is 19.5 Å². The smallest absolute Gasteiger partial charge is 0.325 e. The van der Waals surface area contributed by atoms with E-state index in [1.165, 1.54) is 12.0 Å². The van der Waals surface area contributed by atoms with Gasteiger partial charge in [0.1, 0.15) is 6.54 Å². The maximum Gasteiger partial charge on any atom is 0.325 e. The Morgan fingerprint density at radius 1 is 1.35 bits per heavy atom. The maximum atomic E-state index is 11.7. The summed E-state index contributed by atoms with van der Waals surface area (Å²) in [6.45, 7) is 6.21. The fourth-order valence-corrected chi connectivity index (χ4v) is 1.59. The highest BCUT2D eigenvalue weighted by Gasteiger charge is 2.20. The zero-order chi connectivity index (χ0) is 13.6. The van der Waals surface area contributed by atoms with E-state index < -0.39 is 5.97 Å². The Morgan fingerprint density at radius 2 is 1.88 bits per heavy atom. The third kappa shape index (κ3) is 7.74. The first kappa shape index (κ1) is 15.9. The van der Waals surface area contributed by atoms with Crippen molar-refractivity contribution < 1.29 is 14.3 Å². The van der Waals surface area contributed by atoms with Crippen LogP contribution in [-0.4, -0.2) is 43.5 Å². The number of nitrogens with zero attached hydrogens (tertiary/aromatic N) is 1. The van der Waals surface area contributed by atoms with Crippen molar-refractivity contribution in [1.82, 2.24) is 4.90 Å². The van der Waals surface area contributed by atoms with Crippen molar-refractivity contribution in [3.05, 3.63) is 0 Å². The maximum absolute atomic E-state index is 11.7. The second-order valence-corrected chi connectivity index (χ2v) is 5.55. The van der Waals surface area contributed by atoms with E-state index >= 15 is 0 Å². The van der Waals surface area contributed by atoms with Gasteiger partial charge in [0.05, 0.1) is 7.11 Å². The van der Waals surface area contributed by atoms with E-state index in [0.717, 1.165) is 6.42 Å². The number of rotatable bonds is 5. The molecule has 0 aliphatic rings. The van der Waals surface area contributed by atoms with E-state index in [9.17, 15) is 9.59 Å². The summed E-state index contributed by atoms with van der Waals surface area (Å²) in [6.07, 6.45) is 1.02. The Hall–Kier alpha value is -1.10. The van der Waals surface area contributed by atoms with E-state index in [4.69, 9.17) is 5.73 Å². The predicted molar refractivity (Wildman–Crippen MR) is 66.3 cm³/mol. The molecule has 0 aromatic heterocycles. The van der Waals surface area contributed by atoms with Crippen LogP contribution in [0.25, 0.3) is 0 Å². The molecule has 0 bridgehead atoms. The average molecular weight is 244 g/mol. The largest absolute Gasteiger partial charge is 0.468 e. The van der Waals surface area contributed by atoms with Crippen molar-refractivity contribution in [1.29, 1.82) is 0 Å². The molecule has 5 nitrogen and oxygen atoms in total. The van der Waals surface area contributed by atoms with E-state index in [1.807, 2.05) is 0 Å². The summed E-state index contributed by atoms with van der Waals surface area (Å²) in [5, 5.41) is 0. The number of hydrogen-bond donors (Lipinski definition) is 1. The highest BCUT2D eigenvalue weighted by atomic mass is 16.5. The highest BCUT2D eigenvalue weighted by molar-refractivity contribution is 5.82. The van der Waals surface area contributed by atoms with Crippen molar-refractivity contribution in [2.24, 2.45) is 11.1 Å². The number of ether oxygens (including phenoxy) is 1. The molecule has 1 atom stereocenters. The van der Waals surface area contributed by atoms with Gasteiger partial charge in [-0.1, -0.05) is 20.8 Å². The van der Waals surface area contributed by atoms with Crippen LogP contribution in [0.2, 0.25) is 0 Å². The van der Waals surface area contributed by atoms with Crippen LogP contribution in [0.15, 0.2) is 0 Å². The van der Waals surface area contributed by atoms with Crippen LogP contribution >= 0.6 is 0 Å². The van der Waals surface area contributed by atoms with E-state index in [1.54, 1.807) is 7.05 Å².